The van der Waals surface area contributed by atoms with E-state index in [9.17, 15) is 4.79 Å². The predicted octanol–water partition coefficient (Wildman–Crippen LogP) is 2.60. The van der Waals surface area contributed by atoms with Gasteiger partial charge in [0, 0.05) is 37.3 Å². The Kier molecular flexibility index (Phi) is 5.69. The second-order valence-corrected chi connectivity index (χ2v) is 8.65. The van der Waals surface area contributed by atoms with Crippen LogP contribution in [0.4, 0.5) is 5.69 Å². The van der Waals surface area contributed by atoms with E-state index in [1.807, 2.05) is 0 Å². The van der Waals surface area contributed by atoms with Crippen LogP contribution in [0.2, 0.25) is 0 Å². The average Bonchev–Trinajstić information content (AvgIpc) is 2.67. The largest absolute Gasteiger partial charge is 0.378 e. The molecule has 2 bridgehead atoms. The molecular weight excluding hydrogens is 338 g/mol. The van der Waals surface area contributed by atoms with Crippen LogP contribution >= 0.6 is 0 Å². The number of morpholine rings is 1. The van der Waals surface area contributed by atoms with Crippen LogP contribution in [0.5, 0.6) is 0 Å². The van der Waals surface area contributed by atoms with Gasteiger partial charge >= 0.3 is 0 Å². The van der Waals surface area contributed by atoms with E-state index in [1.54, 1.807) is 0 Å². The van der Waals surface area contributed by atoms with Gasteiger partial charge < -0.3 is 20.7 Å². The third kappa shape index (κ3) is 4.14. The van der Waals surface area contributed by atoms with Gasteiger partial charge in [-0.1, -0.05) is 18.6 Å². The van der Waals surface area contributed by atoms with E-state index in [-0.39, 0.29) is 11.8 Å². The zero-order valence-corrected chi connectivity index (χ0v) is 16.5. The monoisotopic (exact) mass is 371 g/mol. The molecule has 1 aliphatic heterocycles. The van der Waals surface area contributed by atoms with Gasteiger partial charge in [0.1, 0.15) is 0 Å². The minimum atomic E-state index is 0.136. The highest BCUT2D eigenvalue weighted by molar-refractivity contribution is 5.79. The molecule has 1 saturated heterocycles. The third-order valence-corrected chi connectivity index (χ3v) is 6.83. The number of amides is 1. The lowest BCUT2D eigenvalue weighted by Crippen LogP contribution is -2.49. The fourth-order valence-electron chi connectivity index (χ4n) is 5.25. The Morgan fingerprint density at radius 2 is 1.93 bits per heavy atom. The van der Waals surface area contributed by atoms with E-state index in [0.717, 1.165) is 39.1 Å². The van der Waals surface area contributed by atoms with Crippen LogP contribution in [-0.4, -0.2) is 38.3 Å². The number of benzene rings is 1. The maximum Gasteiger partial charge on any atom is 0.223 e. The number of nitrogens with one attached hydrogen (secondary N) is 1. The molecule has 2 saturated carbocycles. The molecule has 2 atom stereocenters. The first-order valence-corrected chi connectivity index (χ1v) is 10.6. The van der Waals surface area contributed by atoms with Crippen molar-refractivity contribution in [1.82, 2.24) is 5.32 Å². The van der Waals surface area contributed by atoms with Crippen LogP contribution in [-0.2, 0) is 16.1 Å². The summed E-state index contributed by atoms with van der Waals surface area (Å²) in [5.74, 6) is 1.43. The molecule has 2 unspecified atom stereocenters. The molecule has 1 aromatic carbocycles. The van der Waals surface area contributed by atoms with Crippen molar-refractivity contribution in [2.24, 2.45) is 23.5 Å². The zero-order valence-electron chi connectivity index (χ0n) is 16.5. The van der Waals surface area contributed by atoms with Crippen molar-refractivity contribution in [3.05, 3.63) is 29.3 Å². The molecule has 1 heterocycles. The SMILES string of the molecule is Cc1ccc(CNC(=O)C2CC3CCCC(C2)C3N)c(N2CCOCC2)c1. The fraction of sp³-hybridized carbons (Fsp3) is 0.682. The van der Waals surface area contributed by atoms with Crippen LogP contribution in [0.15, 0.2) is 18.2 Å². The molecule has 27 heavy (non-hydrogen) atoms. The number of anilines is 1. The summed E-state index contributed by atoms with van der Waals surface area (Å²) in [6, 6.07) is 6.84. The summed E-state index contributed by atoms with van der Waals surface area (Å²) in [6.45, 7) is 6.08. The first-order chi connectivity index (χ1) is 13.1. The molecule has 5 nitrogen and oxygen atoms in total. The highest BCUT2D eigenvalue weighted by atomic mass is 16.5. The molecule has 3 fully saturated rings. The van der Waals surface area contributed by atoms with Crippen molar-refractivity contribution in [1.29, 1.82) is 0 Å². The smallest absolute Gasteiger partial charge is 0.223 e. The molecule has 4 rings (SSSR count). The van der Waals surface area contributed by atoms with Crippen molar-refractivity contribution >= 4 is 11.6 Å². The maximum atomic E-state index is 12.9. The molecular formula is C22H33N3O2. The second-order valence-electron chi connectivity index (χ2n) is 8.65. The highest BCUT2D eigenvalue weighted by Crippen LogP contribution is 2.41. The van der Waals surface area contributed by atoms with Gasteiger partial charge in [-0.15, -0.1) is 0 Å². The van der Waals surface area contributed by atoms with Crippen LogP contribution in [0.25, 0.3) is 0 Å². The average molecular weight is 372 g/mol. The lowest BCUT2D eigenvalue weighted by molar-refractivity contribution is -0.128. The number of fused-ring (bicyclic) bond motifs is 2. The highest BCUT2D eigenvalue weighted by Gasteiger charge is 2.40. The van der Waals surface area contributed by atoms with Gasteiger partial charge in [0.05, 0.1) is 13.2 Å². The van der Waals surface area contributed by atoms with E-state index < -0.39 is 0 Å². The predicted molar refractivity (Wildman–Crippen MR) is 108 cm³/mol. The Morgan fingerprint density at radius 3 is 2.63 bits per heavy atom. The summed E-state index contributed by atoms with van der Waals surface area (Å²) in [5, 5.41) is 3.23. The van der Waals surface area contributed by atoms with Gasteiger partial charge in [0.15, 0.2) is 0 Å². The Labute approximate surface area is 162 Å². The summed E-state index contributed by atoms with van der Waals surface area (Å²) >= 11 is 0. The third-order valence-electron chi connectivity index (χ3n) is 6.83. The number of rotatable bonds is 4. The molecule has 5 heteroatoms. The summed E-state index contributed by atoms with van der Waals surface area (Å²) in [6.07, 6.45) is 5.60. The standard InChI is InChI=1S/C22H33N3O2/c1-15-5-6-18(20(11-15)25-7-9-27-10-8-25)14-24-22(26)19-12-16-3-2-4-17(13-19)21(16)23/h5-6,11,16-17,19,21H,2-4,7-10,12-14,23H2,1H3,(H,24,26). The van der Waals surface area contributed by atoms with Crippen molar-refractivity contribution in [3.8, 4) is 0 Å². The summed E-state index contributed by atoms with van der Waals surface area (Å²) < 4.78 is 5.49. The zero-order chi connectivity index (χ0) is 18.8. The van der Waals surface area contributed by atoms with E-state index in [1.165, 1.54) is 36.1 Å². The number of aryl methyl sites for hydroxylation is 1. The first kappa shape index (κ1) is 18.8. The van der Waals surface area contributed by atoms with Gasteiger partial charge in [-0.3, -0.25) is 4.79 Å². The van der Waals surface area contributed by atoms with Crippen LogP contribution < -0.4 is 16.0 Å². The van der Waals surface area contributed by atoms with E-state index in [4.69, 9.17) is 10.5 Å². The molecule has 0 aromatic heterocycles. The van der Waals surface area contributed by atoms with E-state index >= 15 is 0 Å². The number of nitrogens with zero attached hydrogens (tertiary/aromatic N) is 1. The number of nitrogens with two attached hydrogens (primary N) is 1. The van der Waals surface area contributed by atoms with Crippen LogP contribution in [0.1, 0.15) is 43.2 Å². The lowest BCUT2D eigenvalue weighted by Gasteiger charge is -2.43. The first-order valence-electron chi connectivity index (χ1n) is 10.6. The Bertz CT molecular complexity index is 658. The molecule has 3 aliphatic rings. The normalized spacial score (nSPS) is 30.8. The molecule has 0 radical (unpaired) electrons. The minimum absolute atomic E-state index is 0.136. The van der Waals surface area contributed by atoms with Crippen molar-refractivity contribution in [2.45, 2.75) is 51.6 Å². The Hall–Kier alpha value is -1.59. The summed E-state index contributed by atoms with van der Waals surface area (Å²) in [7, 11) is 0. The van der Waals surface area contributed by atoms with Crippen molar-refractivity contribution < 1.29 is 9.53 Å². The molecule has 1 amide bonds. The number of hydrogen-bond acceptors (Lipinski definition) is 4. The van der Waals surface area contributed by atoms with Gasteiger partial charge in [-0.25, -0.2) is 0 Å². The van der Waals surface area contributed by atoms with Gasteiger partial charge in [0.25, 0.3) is 0 Å². The number of ether oxygens (including phenoxy) is 1. The van der Waals surface area contributed by atoms with Crippen molar-refractivity contribution in [2.75, 3.05) is 31.2 Å². The van der Waals surface area contributed by atoms with Gasteiger partial charge in [-0.2, -0.15) is 0 Å². The minimum Gasteiger partial charge on any atom is -0.378 e. The molecule has 2 aliphatic carbocycles. The number of carbonyl (C=O) groups excluding carboxylic acids is 1. The van der Waals surface area contributed by atoms with Crippen LogP contribution in [0.3, 0.4) is 0 Å². The molecule has 3 N–H and O–H groups in total. The van der Waals surface area contributed by atoms with Crippen molar-refractivity contribution in [3.63, 3.8) is 0 Å². The molecule has 148 valence electrons. The number of carbonyl (C=O) groups is 1. The quantitative estimate of drug-likeness (QED) is 0.854. The number of hydrogen-bond donors (Lipinski definition) is 2. The van der Waals surface area contributed by atoms with Crippen LogP contribution in [0, 0.1) is 24.7 Å². The Morgan fingerprint density at radius 1 is 1.22 bits per heavy atom. The fourth-order valence-corrected chi connectivity index (χ4v) is 5.25. The van der Waals surface area contributed by atoms with Gasteiger partial charge in [-0.05, 0) is 61.6 Å². The molecule has 1 aromatic rings. The lowest BCUT2D eigenvalue weighted by atomic mass is 9.65. The Balaban J connectivity index is 1.40. The van der Waals surface area contributed by atoms with E-state index in [0.29, 0.717) is 24.4 Å². The van der Waals surface area contributed by atoms with Gasteiger partial charge in [0.2, 0.25) is 5.91 Å². The topological polar surface area (TPSA) is 67.6 Å². The molecule has 0 spiro atoms. The second kappa shape index (κ2) is 8.19. The maximum absolute atomic E-state index is 12.9. The summed E-state index contributed by atoms with van der Waals surface area (Å²) in [5.41, 5.74) is 10.1. The summed E-state index contributed by atoms with van der Waals surface area (Å²) in [4.78, 5) is 15.3. The van der Waals surface area contributed by atoms with E-state index in [2.05, 4.69) is 35.3 Å².